The van der Waals surface area contributed by atoms with Crippen molar-refractivity contribution in [3.63, 3.8) is 0 Å². The molecule has 0 heteroatoms. The van der Waals surface area contributed by atoms with Crippen molar-refractivity contribution >= 4 is 5.57 Å². The molecule has 3 rings (SSSR count). The molecule has 0 saturated heterocycles. The van der Waals surface area contributed by atoms with Crippen LogP contribution >= 0.6 is 0 Å². The maximum atomic E-state index is 4.24. The Morgan fingerprint density at radius 3 is 2.30 bits per heavy atom. The second-order valence-electron chi connectivity index (χ2n) is 6.83. The molecule has 27 heavy (non-hydrogen) atoms. The second-order valence-corrected chi connectivity index (χ2v) is 6.83. The van der Waals surface area contributed by atoms with Gasteiger partial charge in [0.1, 0.15) is 0 Å². The smallest absolute Gasteiger partial charge is 0.0673 e. The summed E-state index contributed by atoms with van der Waals surface area (Å²) >= 11 is 0. The average molecular weight is 353 g/mol. The van der Waals surface area contributed by atoms with E-state index in [0.29, 0.717) is 0 Å². The third kappa shape index (κ3) is 2.96. The summed E-state index contributed by atoms with van der Waals surface area (Å²) in [5, 5.41) is 0. The molecule has 0 aromatic heterocycles. The predicted octanol–water partition coefficient (Wildman–Crippen LogP) is 7.41. The zero-order chi connectivity index (χ0) is 19.3. The Labute approximate surface area is 164 Å². The average Bonchev–Trinajstić information content (AvgIpc) is 3.00. The summed E-state index contributed by atoms with van der Waals surface area (Å²) in [6.45, 7) is 12.4. The van der Waals surface area contributed by atoms with E-state index in [4.69, 9.17) is 0 Å². The van der Waals surface area contributed by atoms with E-state index in [9.17, 15) is 0 Å². The van der Waals surface area contributed by atoms with Crippen LogP contribution in [0.15, 0.2) is 109 Å². The van der Waals surface area contributed by atoms with Crippen LogP contribution in [0.1, 0.15) is 43.4 Å². The minimum absolute atomic E-state index is 0.299. The minimum atomic E-state index is -0.299. The first-order valence-electron chi connectivity index (χ1n) is 9.67. The van der Waals surface area contributed by atoms with Gasteiger partial charge in [0.05, 0.1) is 5.41 Å². The number of rotatable bonds is 7. The topological polar surface area (TPSA) is 0 Å². The van der Waals surface area contributed by atoms with Crippen LogP contribution in [-0.2, 0) is 5.41 Å². The van der Waals surface area contributed by atoms with Gasteiger partial charge in [-0.1, -0.05) is 97.1 Å². The summed E-state index contributed by atoms with van der Waals surface area (Å²) in [6, 6.07) is 19.6. The lowest BCUT2D eigenvalue weighted by Gasteiger charge is -2.37. The molecule has 0 aliphatic heterocycles. The van der Waals surface area contributed by atoms with Crippen molar-refractivity contribution in [3.05, 3.63) is 126 Å². The van der Waals surface area contributed by atoms with Gasteiger partial charge in [0, 0.05) is 0 Å². The number of benzene rings is 2. The molecule has 1 aliphatic rings. The quantitative estimate of drug-likeness (QED) is 0.455. The Hall–Kier alpha value is -2.86. The van der Waals surface area contributed by atoms with E-state index in [0.717, 1.165) is 12.8 Å². The normalized spacial score (nSPS) is 19.4. The summed E-state index contributed by atoms with van der Waals surface area (Å²) in [6.07, 6.45) is 12.6. The van der Waals surface area contributed by atoms with Crippen molar-refractivity contribution in [2.75, 3.05) is 0 Å². The zero-order valence-corrected chi connectivity index (χ0v) is 16.4. The highest BCUT2D eigenvalue weighted by Gasteiger charge is 2.46. The van der Waals surface area contributed by atoms with Crippen LogP contribution < -0.4 is 0 Å². The number of fused-ring (bicyclic) bond motifs is 1. The van der Waals surface area contributed by atoms with Gasteiger partial charge >= 0.3 is 0 Å². The molecule has 2 aromatic rings. The van der Waals surface area contributed by atoms with E-state index < -0.39 is 0 Å². The number of allylic oxidation sites excluding steroid dienone is 8. The molecule has 1 atom stereocenters. The van der Waals surface area contributed by atoms with E-state index in [-0.39, 0.29) is 5.41 Å². The first kappa shape index (κ1) is 18.9. The molecular weight excluding hydrogens is 324 g/mol. The van der Waals surface area contributed by atoms with Crippen molar-refractivity contribution < 1.29 is 0 Å². The van der Waals surface area contributed by atoms with Crippen LogP contribution in [0, 0.1) is 0 Å². The first-order chi connectivity index (χ1) is 13.2. The van der Waals surface area contributed by atoms with Gasteiger partial charge in [-0.2, -0.15) is 0 Å². The molecule has 1 aliphatic carbocycles. The summed E-state index contributed by atoms with van der Waals surface area (Å²) in [4.78, 5) is 0. The lowest BCUT2D eigenvalue weighted by molar-refractivity contribution is 0.691. The van der Waals surface area contributed by atoms with Gasteiger partial charge in [-0.3, -0.25) is 0 Å². The van der Waals surface area contributed by atoms with Crippen LogP contribution in [0.2, 0.25) is 0 Å². The fourth-order valence-corrected chi connectivity index (χ4v) is 4.48. The van der Waals surface area contributed by atoms with E-state index >= 15 is 0 Å². The van der Waals surface area contributed by atoms with Crippen molar-refractivity contribution in [1.29, 1.82) is 0 Å². The largest absolute Gasteiger partial charge is 0.103 e. The second kappa shape index (κ2) is 8.22. The van der Waals surface area contributed by atoms with Crippen molar-refractivity contribution in [2.45, 2.75) is 32.1 Å². The molecule has 0 radical (unpaired) electrons. The van der Waals surface area contributed by atoms with Crippen LogP contribution in [-0.4, -0.2) is 0 Å². The molecule has 136 valence electrons. The highest BCUT2D eigenvalue weighted by molar-refractivity contribution is 5.91. The molecule has 0 saturated carbocycles. The molecule has 1 unspecified atom stereocenters. The monoisotopic (exact) mass is 352 g/mol. The standard InChI is InChI=1S/C27H28/c1-5-9-16-21(7-3)27(22-17-11-10-12-18-22)25(8-4)23(15-6-2)24-19-13-14-20-26(24)27/h5-8,10-15,17-20H,1,4,9,16H2,2-3H3/b15-6-,21-7+. The van der Waals surface area contributed by atoms with Crippen molar-refractivity contribution in [3.8, 4) is 0 Å². The number of hydrogen-bond donors (Lipinski definition) is 0. The Bertz CT molecular complexity index is 922. The molecule has 0 fully saturated rings. The van der Waals surface area contributed by atoms with Crippen molar-refractivity contribution in [2.24, 2.45) is 0 Å². The third-order valence-electron chi connectivity index (χ3n) is 5.51. The van der Waals surface area contributed by atoms with Crippen LogP contribution in [0.4, 0.5) is 0 Å². The molecule has 2 aromatic carbocycles. The van der Waals surface area contributed by atoms with Crippen LogP contribution in [0.3, 0.4) is 0 Å². The molecule has 0 amide bonds. The Morgan fingerprint density at radius 2 is 1.67 bits per heavy atom. The maximum Gasteiger partial charge on any atom is 0.0673 e. The van der Waals surface area contributed by atoms with Gasteiger partial charge in [0.25, 0.3) is 0 Å². The molecule has 0 bridgehead atoms. The Kier molecular flexibility index (Phi) is 5.76. The van der Waals surface area contributed by atoms with Gasteiger partial charge in [-0.15, -0.1) is 6.58 Å². The molecule has 0 spiro atoms. The molecule has 0 N–H and O–H groups in total. The van der Waals surface area contributed by atoms with E-state index in [1.54, 1.807) is 0 Å². The zero-order valence-electron chi connectivity index (χ0n) is 16.4. The van der Waals surface area contributed by atoms with E-state index in [1.165, 1.54) is 33.4 Å². The van der Waals surface area contributed by atoms with Gasteiger partial charge in [-0.25, -0.2) is 0 Å². The van der Waals surface area contributed by atoms with Crippen LogP contribution in [0.5, 0.6) is 0 Å². The van der Waals surface area contributed by atoms with Gasteiger partial charge in [0.2, 0.25) is 0 Å². The third-order valence-corrected chi connectivity index (χ3v) is 5.51. The molecule has 0 nitrogen and oxygen atoms in total. The fraction of sp³-hybridized carbons (Fsp3) is 0.185. The predicted molar refractivity (Wildman–Crippen MR) is 119 cm³/mol. The van der Waals surface area contributed by atoms with Crippen LogP contribution in [0.25, 0.3) is 5.57 Å². The lowest BCUT2D eigenvalue weighted by atomic mass is 9.65. The Morgan fingerprint density at radius 1 is 0.963 bits per heavy atom. The lowest BCUT2D eigenvalue weighted by Crippen LogP contribution is -2.30. The molecule has 0 heterocycles. The highest BCUT2D eigenvalue weighted by Crippen LogP contribution is 2.56. The highest BCUT2D eigenvalue weighted by atomic mass is 14.5. The summed E-state index contributed by atoms with van der Waals surface area (Å²) in [7, 11) is 0. The van der Waals surface area contributed by atoms with Gasteiger partial charge in [-0.05, 0) is 54.5 Å². The SMILES string of the molecule is C=CCC/C(=C\C)C1(c2ccccc2)C(C=C)=C(/C=C\C)c2ccccc21. The first-order valence-corrected chi connectivity index (χ1v) is 9.67. The maximum absolute atomic E-state index is 4.24. The summed E-state index contributed by atoms with van der Waals surface area (Å²) in [5.74, 6) is 0. The van der Waals surface area contributed by atoms with E-state index in [2.05, 4.69) is 106 Å². The van der Waals surface area contributed by atoms with Crippen molar-refractivity contribution in [1.82, 2.24) is 0 Å². The fourth-order valence-electron chi connectivity index (χ4n) is 4.48. The number of hydrogen-bond acceptors (Lipinski definition) is 0. The molecular formula is C27H28. The minimum Gasteiger partial charge on any atom is -0.103 e. The summed E-state index contributed by atoms with van der Waals surface area (Å²) in [5.41, 5.74) is 7.57. The summed E-state index contributed by atoms with van der Waals surface area (Å²) < 4.78 is 0. The van der Waals surface area contributed by atoms with Gasteiger partial charge < -0.3 is 0 Å². The van der Waals surface area contributed by atoms with Gasteiger partial charge in [0.15, 0.2) is 0 Å². The van der Waals surface area contributed by atoms with E-state index in [1.807, 2.05) is 6.08 Å². The Balaban J connectivity index is 2.45.